The highest BCUT2D eigenvalue weighted by Gasteiger charge is 2.27. The Morgan fingerprint density at radius 3 is 2.54 bits per heavy atom. The predicted octanol–water partition coefficient (Wildman–Crippen LogP) is 3.18. The molecule has 4 nitrogen and oxygen atoms in total. The SMILES string of the molecule is C=CC(=O)NC1CCC(N(C)C(=O)Cc2ccc3c(c2)CCCC3)CC1. The number of benzene rings is 1. The maximum absolute atomic E-state index is 12.7. The van der Waals surface area contributed by atoms with Gasteiger partial charge in [0.2, 0.25) is 11.8 Å². The topological polar surface area (TPSA) is 49.4 Å². The molecule has 1 saturated carbocycles. The zero-order valence-corrected chi connectivity index (χ0v) is 15.8. The number of carbonyl (C=O) groups is 2. The molecule has 140 valence electrons. The maximum atomic E-state index is 12.7. The maximum Gasteiger partial charge on any atom is 0.243 e. The molecule has 1 aromatic rings. The van der Waals surface area contributed by atoms with Crippen LogP contribution in [-0.2, 0) is 28.9 Å². The van der Waals surface area contributed by atoms with Crippen LogP contribution in [0, 0.1) is 0 Å². The van der Waals surface area contributed by atoms with E-state index in [0.717, 1.165) is 37.7 Å². The highest BCUT2D eigenvalue weighted by Crippen LogP contribution is 2.25. The second-order valence-electron chi connectivity index (χ2n) is 7.71. The number of nitrogens with one attached hydrogen (secondary N) is 1. The summed E-state index contributed by atoms with van der Waals surface area (Å²) in [6.45, 7) is 3.49. The quantitative estimate of drug-likeness (QED) is 0.826. The Balaban J connectivity index is 1.52. The van der Waals surface area contributed by atoms with Crippen LogP contribution >= 0.6 is 0 Å². The second-order valence-corrected chi connectivity index (χ2v) is 7.71. The fourth-order valence-corrected chi connectivity index (χ4v) is 4.27. The van der Waals surface area contributed by atoms with Gasteiger partial charge in [-0.05, 0) is 74.1 Å². The Bertz CT molecular complexity index is 675. The predicted molar refractivity (Wildman–Crippen MR) is 104 cm³/mol. The standard InChI is InChI=1S/C22H30N2O2/c1-3-21(25)23-19-10-12-20(13-11-19)24(2)22(26)15-16-8-9-17-6-4-5-7-18(17)14-16/h3,8-9,14,19-20H,1,4-7,10-13,15H2,2H3,(H,23,25). The van der Waals surface area contributed by atoms with Gasteiger partial charge >= 0.3 is 0 Å². The van der Waals surface area contributed by atoms with E-state index in [2.05, 4.69) is 30.1 Å². The van der Waals surface area contributed by atoms with Crippen molar-refractivity contribution in [1.82, 2.24) is 10.2 Å². The van der Waals surface area contributed by atoms with Crippen LogP contribution in [0.3, 0.4) is 0 Å². The van der Waals surface area contributed by atoms with E-state index in [9.17, 15) is 9.59 Å². The van der Waals surface area contributed by atoms with Gasteiger partial charge < -0.3 is 10.2 Å². The van der Waals surface area contributed by atoms with Crippen LogP contribution in [0.5, 0.6) is 0 Å². The van der Waals surface area contributed by atoms with E-state index in [0.29, 0.717) is 6.42 Å². The van der Waals surface area contributed by atoms with Gasteiger partial charge in [0, 0.05) is 19.1 Å². The summed E-state index contributed by atoms with van der Waals surface area (Å²) in [5.74, 6) is 0.0876. The Morgan fingerprint density at radius 2 is 1.85 bits per heavy atom. The average molecular weight is 354 g/mol. The third-order valence-corrected chi connectivity index (χ3v) is 5.94. The largest absolute Gasteiger partial charge is 0.350 e. The monoisotopic (exact) mass is 354 g/mol. The van der Waals surface area contributed by atoms with Gasteiger partial charge in [-0.25, -0.2) is 0 Å². The summed E-state index contributed by atoms with van der Waals surface area (Å²) in [6.07, 6.45) is 10.4. The molecule has 0 heterocycles. The molecule has 1 fully saturated rings. The zero-order chi connectivity index (χ0) is 18.5. The van der Waals surface area contributed by atoms with Gasteiger partial charge in [-0.3, -0.25) is 9.59 Å². The van der Waals surface area contributed by atoms with Crippen molar-refractivity contribution < 1.29 is 9.59 Å². The molecule has 0 unspecified atom stereocenters. The third-order valence-electron chi connectivity index (χ3n) is 5.94. The lowest BCUT2D eigenvalue weighted by Gasteiger charge is -2.35. The lowest BCUT2D eigenvalue weighted by atomic mass is 9.89. The van der Waals surface area contributed by atoms with Crippen LogP contribution in [0.2, 0.25) is 0 Å². The van der Waals surface area contributed by atoms with Gasteiger partial charge in [0.1, 0.15) is 0 Å². The van der Waals surface area contributed by atoms with Crippen molar-refractivity contribution in [2.75, 3.05) is 7.05 Å². The minimum absolute atomic E-state index is 0.106. The van der Waals surface area contributed by atoms with Crippen molar-refractivity contribution in [2.24, 2.45) is 0 Å². The minimum atomic E-state index is -0.106. The van der Waals surface area contributed by atoms with E-state index in [1.54, 1.807) is 0 Å². The number of nitrogens with zero attached hydrogens (tertiary/aromatic N) is 1. The molecule has 1 aromatic carbocycles. The molecule has 0 saturated heterocycles. The number of aryl methyl sites for hydroxylation is 2. The molecular weight excluding hydrogens is 324 g/mol. The number of likely N-dealkylation sites (N-methyl/N-ethyl adjacent to an activating group) is 1. The molecule has 2 amide bonds. The van der Waals surface area contributed by atoms with Crippen molar-refractivity contribution in [3.8, 4) is 0 Å². The smallest absolute Gasteiger partial charge is 0.243 e. The number of rotatable bonds is 5. The van der Waals surface area contributed by atoms with Crippen LogP contribution in [-0.4, -0.2) is 35.8 Å². The fourth-order valence-electron chi connectivity index (χ4n) is 4.27. The van der Waals surface area contributed by atoms with Gasteiger partial charge in [0.25, 0.3) is 0 Å². The number of amides is 2. The van der Waals surface area contributed by atoms with Crippen LogP contribution in [0.1, 0.15) is 55.2 Å². The molecule has 4 heteroatoms. The van der Waals surface area contributed by atoms with Crippen LogP contribution < -0.4 is 5.32 Å². The molecule has 3 rings (SSSR count). The Kier molecular flexibility index (Phi) is 6.12. The molecule has 0 aliphatic heterocycles. The first-order valence-corrected chi connectivity index (χ1v) is 9.86. The summed E-state index contributed by atoms with van der Waals surface area (Å²) in [5.41, 5.74) is 4.03. The lowest BCUT2D eigenvalue weighted by Crippen LogP contribution is -2.44. The highest BCUT2D eigenvalue weighted by atomic mass is 16.2. The third kappa shape index (κ3) is 4.54. The van der Waals surface area contributed by atoms with E-state index < -0.39 is 0 Å². The van der Waals surface area contributed by atoms with Gasteiger partial charge in [-0.2, -0.15) is 0 Å². The summed E-state index contributed by atoms with van der Waals surface area (Å²) in [4.78, 5) is 26.1. The molecule has 0 bridgehead atoms. The van der Waals surface area contributed by atoms with E-state index in [1.807, 2.05) is 11.9 Å². The van der Waals surface area contributed by atoms with Gasteiger partial charge in [0.15, 0.2) is 0 Å². The molecule has 0 spiro atoms. The zero-order valence-electron chi connectivity index (χ0n) is 15.8. The van der Waals surface area contributed by atoms with Crippen LogP contribution in [0.15, 0.2) is 30.9 Å². The molecule has 0 atom stereocenters. The number of carbonyl (C=O) groups excluding carboxylic acids is 2. The normalized spacial score (nSPS) is 22.2. The van der Waals surface area contributed by atoms with Gasteiger partial charge in [0.05, 0.1) is 6.42 Å². The van der Waals surface area contributed by atoms with E-state index in [1.165, 1.54) is 36.5 Å². The van der Waals surface area contributed by atoms with Crippen molar-refractivity contribution in [1.29, 1.82) is 0 Å². The average Bonchev–Trinajstić information content (AvgIpc) is 2.67. The number of hydrogen-bond acceptors (Lipinski definition) is 2. The Labute approximate surface area is 156 Å². The Morgan fingerprint density at radius 1 is 1.15 bits per heavy atom. The van der Waals surface area contributed by atoms with Crippen LogP contribution in [0.25, 0.3) is 0 Å². The minimum Gasteiger partial charge on any atom is -0.350 e. The molecule has 1 N–H and O–H groups in total. The second kappa shape index (κ2) is 8.52. The molecule has 0 aromatic heterocycles. The first-order valence-electron chi connectivity index (χ1n) is 9.86. The summed E-state index contributed by atoms with van der Waals surface area (Å²) in [5, 5.41) is 2.97. The fraction of sp³-hybridized carbons (Fsp3) is 0.545. The van der Waals surface area contributed by atoms with E-state index >= 15 is 0 Å². The van der Waals surface area contributed by atoms with Crippen molar-refractivity contribution >= 4 is 11.8 Å². The van der Waals surface area contributed by atoms with Crippen molar-refractivity contribution in [2.45, 2.75) is 69.9 Å². The number of fused-ring (bicyclic) bond motifs is 1. The lowest BCUT2D eigenvalue weighted by molar-refractivity contribution is -0.132. The van der Waals surface area contributed by atoms with E-state index in [4.69, 9.17) is 0 Å². The Hall–Kier alpha value is -2.10. The first-order chi connectivity index (χ1) is 12.6. The molecule has 0 radical (unpaired) electrons. The highest BCUT2D eigenvalue weighted by molar-refractivity contribution is 5.87. The van der Waals surface area contributed by atoms with E-state index in [-0.39, 0.29) is 23.9 Å². The van der Waals surface area contributed by atoms with Gasteiger partial charge in [-0.15, -0.1) is 0 Å². The van der Waals surface area contributed by atoms with Crippen molar-refractivity contribution in [3.05, 3.63) is 47.5 Å². The van der Waals surface area contributed by atoms with Crippen LogP contribution in [0.4, 0.5) is 0 Å². The first kappa shape index (κ1) is 18.7. The molecule has 2 aliphatic rings. The summed E-state index contributed by atoms with van der Waals surface area (Å²) < 4.78 is 0. The summed E-state index contributed by atoms with van der Waals surface area (Å²) in [6, 6.07) is 7.06. The molecule has 26 heavy (non-hydrogen) atoms. The molecule has 2 aliphatic carbocycles. The summed E-state index contributed by atoms with van der Waals surface area (Å²) >= 11 is 0. The van der Waals surface area contributed by atoms with Gasteiger partial charge in [-0.1, -0.05) is 24.8 Å². The summed E-state index contributed by atoms with van der Waals surface area (Å²) in [7, 11) is 1.92. The number of hydrogen-bond donors (Lipinski definition) is 1. The van der Waals surface area contributed by atoms with Crippen molar-refractivity contribution in [3.63, 3.8) is 0 Å². The molecular formula is C22H30N2O2.